The number of aryl methyl sites for hydroxylation is 1. The van der Waals surface area contributed by atoms with Crippen molar-refractivity contribution >= 4 is 21.6 Å². The molecule has 0 aliphatic heterocycles. The maximum Gasteiger partial charge on any atom is 0.155 e. The molecule has 0 unspecified atom stereocenters. The minimum absolute atomic E-state index is 0.00262. The van der Waals surface area contributed by atoms with Crippen LogP contribution in [0.25, 0.3) is 28.0 Å². The van der Waals surface area contributed by atoms with E-state index in [-0.39, 0.29) is 11.9 Å². The third-order valence-electron chi connectivity index (χ3n) is 4.39. The normalized spacial score (nSPS) is 11.3. The van der Waals surface area contributed by atoms with Crippen molar-refractivity contribution in [3.8, 4) is 33.9 Å². The lowest BCUT2D eigenvalue weighted by atomic mass is 10.00. The Hall–Kier alpha value is -2.86. The standard InChI is InChI=1S/C22H20BrN3O2/c1-13(2)28-18-10-9-16(22(27)20(18)23)21-17(15-7-5-4-6-8-15)12-24-19-11-14(3)25-26(19)21/h4-13,27H,1-3H3. The highest BCUT2D eigenvalue weighted by Crippen LogP contribution is 2.44. The predicted octanol–water partition coefficient (Wildman–Crippen LogP) is 5.63. The van der Waals surface area contributed by atoms with Crippen molar-refractivity contribution in [2.45, 2.75) is 26.9 Å². The topological polar surface area (TPSA) is 59.7 Å². The average Bonchev–Trinajstić information content (AvgIpc) is 3.06. The van der Waals surface area contributed by atoms with Crippen LogP contribution in [-0.2, 0) is 0 Å². The Morgan fingerprint density at radius 2 is 1.82 bits per heavy atom. The van der Waals surface area contributed by atoms with Gasteiger partial charge in [0.2, 0.25) is 0 Å². The molecule has 0 aliphatic rings. The first kappa shape index (κ1) is 18.5. The molecular formula is C22H20BrN3O2. The van der Waals surface area contributed by atoms with E-state index in [4.69, 9.17) is 4.74 Å². The zero-order valence-electron chi connectivity index (χ0n) is 15.8. The van der Waals surface area contributed by atoms with Crippen molar-refractivity contribution in [2.24, 2.45) is 0 Å². The number of rotatable bonds is 4. The van der Waals surface area contributed by atoms with E-state index in [1.54, 1.807) is 4.52 Å². The zero-order chi connectivity index (χ0) is 19.8. The fraction of sp³-hybridized carbons (Fsp3) is 0.182. The van der Waals surface area contributed by atoms with Gasteiger partial charge in [0.1, 0.15) is 16.0 Å². The van der Waals surface area contributed by atoms with Crippen LogP contribution in [0.1, 0.15) is 19.5 Å². The smallest absolute Gasteiger partial charge is 0.155 e. The largest absolute Gasteiger partial charge is 0.506 e. The predicted molar refractivity (Wildman–Crippen MR) is 114 cm³/mol. The summed E-state index contributed by atoms with van der Waals surface area (Å²) in [6.07, 6.45) is 1.83. The van der Waals surface area contributed by atoms with Gasteiger partial charge in [0.25, 0.3) is 0 Å². The molecule has 0 saturated heterocycles. The summed E-state index contributed by atoms with van der Waals surface area (Å²) in [6, 6.07) is 15.6. The van der Waals surface area contributed by atoms with E-state index in [1.165, 1.54) is 0 Å². The molecule has 142 valence electrons. The molecule has 2 aromatic carbocycles. The molecule has 0 aliphatic carbocycles. The van der Waals surface area contributed by atoms with Gasteiger partial charge in [-0.15, -0.1) is 0 Å². The second-order valence-electron chi connectivity index (χ2n) is 6.88. The molecular weight excluding hydrogens is 418 g/mol. The molecule has 2 heterocycles. The van der Waals surface area contributed by atoms with E-state index in [2.05, 4.69) is 26.0 Å². The van der Waals surface area contributed by atoms with Crippen LogP contribution in [0.15, 0.2) is 59.2 Å². The molecule has 28 heavy (non-hydrogen) atoms. The summed E-state index contributed by atoms with van der Waals surface area (Å²) in [5.41, 5.74) is 4.90. The van der Waals surface area contributed by atoms with Gasteiger partial charge >= 0.3 is 0 Å². The van der Waals surface area contributed by atoms with Crippen LogP contribution in [0.3, 0.4) is 0 Å². The summed E-state index contributed by atoms with van der Waals surface area (Å²) >= 11 is 3.49. The molecule has 0 bridgehead atoms. The Labute approximate surface area is 171 Å². The first-order chi connectivity index (χ1) is 13.5. The van der Waals surface area contributed by atoms with Crippen molar-refractivity contribution in [2.75, 3.05) is 0 Å². The molecule has 1 N–H and O–H groups in total. The van der Waals surface area contributed by atoms with Crippen molar-refractivity contribution in [3.63, 3.8) is 0 Å². The van der Waals surface area contributed by atoms with Crippen molar-refractivity contribution in [3.05, 3.63) is 64.9 Å². The van der Waals surface area contributed by atoms with E-state index in [0.29, 0.717) is 15.8 Å². The second kappa shape index (κ2) is 7.28. The molecule has 5 nitrogen and oxygen atoms in total. The van der Waals surface area contributed by atoms with Gasteiger partial charge in [-0.2, -0.15) is 5.10 Å². The van der Waals surface area contributed by atoms with Crippen molar-refractivity contribution in [1.82, 2.24) is 14.6 Å². The number of phenols is 1. The Morgan fingerprint density at radius 3 is 2.54 bits per heavy atom. The van der Waals surface area contributed by atoms with E-state index >= 15 is 0 Å². The van der Waals surface area contributed by atoms with Crippen LogP contribution >= 0.6 is 15.9 Å². The monoisotopic (exact) mass is 437 g/mol. The van der Waals surface area contributed by atoms with E-state index in [9.17, 15) is 5.11 Å². The van der Waals surface area contributed by atoms with Crippen LogP contribution in [0.5, 0.6) is 11.5 Å². The summed E-state index contributed by atoms with van der Waals surface area (Å²) < 4.78 is 8.08. The van der Waals surface area contributed by atoms with E-state index < -0.39 is 0 Å². The molecule has 4 rings (SSSR count). The van der Waals surface area contributed by atoms with Crippen LogP contribution in [0.4, 0.5) is 0 Å². The summed E-state index contributed by atoms with van der Waals surface area (Å²) in [7, 11) is 0. The maximum absolute atomic E-state index is 11.0. The van der Waals surface area contributed by atoms with Gasteiger partial charge in [-0.25, -0.2) is 9.50 Å². The highest BCUT2D eigenvalue weighted by atomic mass is 79.9. The molecule has 0 radical (unpaired) electrons. The Balaban J connectivity index is 2.01. The summed E-state index contributed by atoms with van der Waals surface area (Å²) in [6.45, 7) is 5.82. The Kier molecular flexibility index (Phi) is 4.81. The number of fused-ring (bicyclic) bond motifs is 1. The Morgan fingerprint density at radius 1 is 1.07 bits per heavy atom. The average molecular weight is 438 g/mol. The quantitative estimate of drug-likeness (QED) is 0.449. The van der Waals surface area contributed by atoms with Gasteiger partial charge in [0.05, 0.1) is 17.5 Å². The molecule has 0 atom stereocenters. The summed E-state index contributed by atoms with van der Waals surface area (Å²) in [5.74, 6) is 0.704. The van der Waals surface area contributed by atoms with Crippen molar-refractivity contribution < 1.29 is 9.84 Å². The number of phenolic OH excluding ortho intramolecular Hbond substituents is 1. The molecule has 2 aromatic heterocycles. The fourth-order valence-electron chi connectivity index (χ4n) is 3.22. The van der Waals surface area contributed by atoms with Gasteiger partial charge in [0, 0.05) is 23.4 Å². The van der Waals surface area contributed by atoms with E-state index in [1.807, 2.05) is 75.5 Å². The fourth-order valence-corrected chi connectivity index (χ4v) is 3.66. The second-order valence-corrected chi connectivity index (χ2v) is 7.68. The lowest BCUT2D eigenvalue weighted by Gasteiger charge is -2.17. The Bertz CT molecular complexity index is 1150. The minimum atomic E-state index is 0.00262. The van der Waals surface area contributed by atoms with Gasteiger partial charge < -0.3 is 9.84 Å². The van der Waals surface area contributed by atoms with Gasteiger partial charge in [-0.3, -0.25) is 0 Å². The molecule has 0 fully saturated rings. The number of hydrogen-bond acceptors (Lipinski definition) is 4. The number of nitrogens with zero attached hydrogens (tertiary/aromatic N) is 3. The van der Waals surface area contributed by atoms with Crippen molar-refractivity contribution in [1.29, 1.82) is 0 Å². The lowest BCUT2D eigenvalue weighted by Crippen LogP contribution is -2.06. The molecule has 0 spiro atoms. The molecule has 0 saturated carbocycles. The van der Waals surface area contributed by atoms with Crippen LogP contribution in [0, 0.1) is 6.92 Å². The van der Waals surface area contributed by atoms with E-state index in [0.717, 1.165) is 28.2 Å². The maximum atomic E-state index is 11.0. The molecule has 0 amide bonds. The van der Waals surface area contributed by atoms with Gasteiger partial charge in [-0.05, 0) is 54.4 Å². The molecule has 4 aromatic rings. The van der Waals surface area contributed by atoms with Gasteiger partial charge in [-0.1, -0.05) is 30.3 Å². The first-order valence-electron chi connectivity index (χ1n) is 9.05. The number of aromatic hydroxyl groups is 1. The van der Waals surface area contributed by atoms with Crippen LogP contribution < -0.4 is 4.74 Å². The highest BCUT2D eigenvalue weighted by Gasteiger charge is 2.21. The third-order valence-corrected chi connectivity index (χ3v) is 5.16. The lowest BCUT2D eigenvalue weighted by molar-refractivity contribution is 0.239. The zero-order valence-corrected chi connectivity index (χ0v) is 17.4. The number of hydrogen-bond donors (Lipinski definition) is 1. The first-order valence-corrected chi connectivity index (χ1v) is 9.84. The number of aromatic nitrogens is 3. The number of benzene rings is 2. The highest BCUT2D eigenvalue weighted by molar-refractivity contribution is 9.10. The number of ether oxygens (including phenoxy) is 1. The number of halogens is 1. The van der Waals surface area contributed by atoms with Crippen LogP contribution in [0.2, 0.25) is 0 Å². The minimum Gasteiger partial charge on any atom is -0.506 e. The van der Waals surface area contributed by atoms with Crippen LogP contribution in [-0.4, -0.2) is 25.8 Å². The third kappa shape index (κ3) is 3.24. The van der Waals surface area contributed by atoms with Gasteiger partial charge in [0.15, 0.2) is 5.65 Å². The summed E-state index contributed by atoms with van der Waals surface area (Å²) in [4.78, 5) is 4.56. The summed E-state index contributed by atoms with van der Waals surface area (Å²) in [5, 5.41) is 15.6. The molecule has 6 heteroatoms. The SMILES string of the molecule is Cc1cc2ncc(-c3ccccc3)c(-c3ccc(OC(C)C)c(Br)c3O)n2n1.